The quantitative estimate of drug-likeness (QED) is 0.531. The van der Waals surface area contributed by atoms with Crippen molar-refractivity contribution in [3.8, 4) is 0 Å². The number of hydrogen-bond acceptors (Lipinski definition) is 6. The number of hydrogen-bond donors (Lipinski definition) is 4. The van der Waals surface area contributed by atoms with E-state index in [-0.39, 0.29) is 12.1 Å². The van der Waals surface area contributed by atoms with Gasteiger partial charge in [0.25, 0.3) is 0 Å². The van der Waals surface area contributed by atoms with Crippen molar-refractivity contribution >= 4 is 12.2 Å². The predicted molar refractivity (Wildman–Crippen MR) is 115 cm³/mol. The van der Waals surface area contributed by atoms with E-state index in [9.17, 15) is 19.8 Å². The normalized spacial score (nSPS) is 31.4. The number of ether oxygens (including phenoxy) is 2. The smallest absolute Gasteiger partial charge is 0.407 e. The molecule has 176 valence electrons. The second-order valence-corrected chi connectivity index (χ2v) is 11.2. The van der Waals surface area contributed by atoms with Gasteiger partial charge in [-0.3, -0.25) is 0 Å². The standard InChI is InChI=1S/2C11H21NO3/c2*1-10(2,3)15-9(13)12-8-5-6-11(4,14)7-8/h2*8,14H,5-7H2,1-4H3,(H,12,13)/t2*8-,11-/m10/s1. The summed E-state index contributed by atoms with van der Waals surface area (Å²) in [5.74, 6) is 0. The van der Waals surface area contributed by atoms with Gasteiger partial charge in [0.15, 0.2) is 0 Å². The number of carbonyl (C=O) groups excluding carboxylic acids is 2. The van der Waals surface area contributed by atoms with Crippen LogP contribution in [0.5, 0.6) is 0 Å². The third-order valence-corrected chi connectivity index (χ3v) is 4.88. The van der Waals surface area contributed by atoms with Crippen molar-refractivity contribution in [1.29, 1.82) is 0 Å². The molecule has 0 unspecified atom stereocenters. The maximum atomic E-state index is 11.4. The molecule has 0 aromatic heterocycles. The Bertz CT molecular complexity index is 537. The lowest BCUT2D eigenvalue weighted by Crippen LogP contribution is -2.38. The molecule has 30 heavy (non-hydrogen) atoms. The Morgan fingerprint density at radius 1 is 0.767 bits per heavy atom. The van der Waals surface area contributed by atoms with Crippen molar-refractivity contribution in [3.63, 3.8) is 0 Å². The number of alkyl carbamates (subject to hydrolysis) is 2. The Morgan fingerprint density at radius 3 is 1.27 bits per heavy atom. The van der Waals surface area contributed by atoms with Crippen molar-refractivity contribution in [2.24, 2.45) is 0 Å². The zero-order valence-electron chi connectivity index (χ0n) is 19.9. The molecular weight excluding hydrogens is 388 g/mol. The van der Waals surface area contributed by atoms with Crippen molar-refractivity contribution in [3.05, 3.63) is 0 Å². The fraction of sp³-hybridized carbons (Fsp3) is 0.909. The molecule has 2 aliphatic carbocycles. The maximum absolute atomic E-state index is 11.4. The zero-order valence-corrected chi connectivity index (χ0v) is 19.9. The molecule has 0 aromatic carbocycles. The highest BCUT2D eigenvalue weighted by Gasteiger charge is 2.35. The topological polar surface area (TPSA) is 117 Å². The Balaban J connectivity index is 0.000000300. The second-order valence-electron chi connectivity index (χ2n) is 11.2. The van der Waals surface area contributed by atoms with Crippen LogP contribution in [-0.4, -0.2) is 56.9 Å². The van der Waals surface area contributed by atoms with Crippen molar-refractivity contribution < 1.29 is 29.3 Å². The summed E-state index contributed by atoms with van der Waals surface area (Å²) < 4.78 is 10.3. The molecule has 0 bridgehead atoms. The van der Waals surface area contributed by atoms with Gasteiger partial charge in [0.05, 0.1) is 11.2 Å². The summed E-state index contributed by atoms with van der Waals surface area (Å²) in [6.07, 6.45) is 3.49. The van der Waals surface area contributed by atoms with Crippen molar-refractivity contribution in [2.45, 2.75) is 128 Å². The minimum atomic E-state index is -0.639. The van der Waals surface area contributed by atoms with Crippen LogP contribution >= 0.6 is 0 Å². The zero-order chi connectivity index (χ0) is 23.4. The molecule has 8 nitrogen and oxygen atoms in total. The van der Waals surface area contributed by atoms with Gasteiger partial charge in [0.2, 0.25) is 0 Å². The highest BCUT2D eigenvalue weighted by atomic mass is 16.6. The van der Waals surface area contributed by atoms with E-state index in [0.29, 0.717) is 12.8 Å². The van der Waals surface area contributed by atoms with Gasteiger partial charge in [-0.05, 0) is 93.9 Å². The fourth-order valence-electron chi connectivity index (χ4n) is 3.64. The first-order valence-corrected chi connectivity index (χ1v) is 10.8. The van der Waals surface area contributed by atoms with Crippen LogP contribution in [0.1, 0.15) is 93.9 Å². The number of rotatable bonds is 2. The molecule has 0 saturated heterocycles. The third kappa shape index (κ3) is 11.6. The molecule has 2 fully saturated rings. The number of nitrogens with one attached hydrogen (secondary N) is 2. The van der Waals surface area contributed by atoms with Gasteiger partial charge in [-0.15, -0.1) is 0 Å². The van der Waals surface area contributed by atoms with Gasteiger partial charge in [-0.2, -0.15) is 0 Å². The van der Waals surface area contributed by atoms with E-state index in [1.165, 1.54) is 0 Å². The summed E-state index contributed by atoms with van der Waals surface area (Å²) in [5, 5.41) is 25.0. The molecule has 4 atom stereocenters. The van der Waals surface area contributed by atoms with Crippen LogP contribution in [0.2, 0.25) is 0 Å². The Labute approximate surface area is 181 Å². The van der Waals surface area contributed by atoms with E-state index in [2.05, 4.69) is 10.6 Å². The summed E-state index contributed by atoms with van der Waals surface area (Å²) in [7, 11) is 0. The largest absolute Gasteiger partial charge is 0.444 e. The summed E-state index contributed by atoms with van der Waals surface area (Å²) in [4.78, 5) is 22.8. The summed E-state index contributed by atoms with van der Waals surface area (Å²) in [5.41, 5.74) is -2.21. The lowest BCUT2D eigenvalue weighted by molar-refractivity contribution is 0.0454. The second kappa shape index (κ2) is 9.73. The molecule has 8 heteroatoms. The number of amides is 2. The van der Waals surface area contributed by atoms with E-state index in [1.807, 2.05) is 41.5 Å². The highest BCUT2D eigenvalue weighted by molar-refractivity contribution is 5.68. The first-order valence-electron chi connectivity index (χ1n) is 10.8. The predicted octanol–water partition coefficient (Wildman–Crippen LogP) is 3.63. The lowest BCUT2D eigenvalue weighted by atomic mass is 10.1. The van der Waals surface area contributed by atoms with Crippen LogP contribution < -0.4 is 10.6 Å². The Hall–Kier alpha value is -1.54. The first-order chi connectivity index (χ1) is 13.4. The van der Waals surface area contributed by atoms with Crippen molar-refractivity contribution in [2.75, 3.05) is 0 Å². The van der Waals surface area contributed by atoms with E-state index in [4.69, 9.17) is 9.47 Å². The van der Waals surface area contributed by atoms with Gasteiger partial charge in [-0.1, -0.05) is 0 Å². The van der Waals surface area contributed by atoms with Gasteiger partial charge in [-0.25, -0.2) is 9.59 Å². The van der Waals surface area contributed by atoms with Crippen molar-refractivity contribution in [1.82, 2.24) is 10.6 Å². The summed E-state index contributed by atoms with van der Waals surface area (Å²) >= 11 is 0. The molecule has 2 saturated carbocycles. The highest BCUT2D eigenvalue weighted by Crippen LogP contribution is 2.30. The molecule has 0 aliphatic heterocycles. The molecule has 2 amide bonds. The summed E-state index contributed by atoms with van der Waals surface area (Å²) in [6, 6.07) is 0.0738. The molecule has 2 aliphatic rings. The van der Waals surface area contributed by atoms with E-state index in [1.54, 1.807) is 13.8 Å². The van der Waals surface area contributed by atoms with Crippen LogP contribution in [0.4, 0.5) is 9.59 Å². The van der Waals surface area contributed by atoms with Gasteiger partial charge < -0.3 is 30.3 Å². The fourth-order valence-corrected chi connectivity index (χ4v) is 3.64. The van der Waals surface area contributed by atoms with E-state index < -0.39 is 34.6 Å². The molecule has 2 rings (SSSR count). The molecule has 0 heterocycles. The van der Waals surface area contributed by atoms with Gasteiger partial charge in [0.1, 0.15) is 11.2 Å². The number of carbonyl (C=O) groups is 2. The van der Waals surface area contributed by atoms with Gasteiger partial charge in [0, 0.05) is 12.1 Å². The Kier molecular flexibility index (Phi) is 8.59. The number of aliphatic hydroxyl groups is 2. The summed E-state index contributed by atoms with van der Waals surface area (Å²) in [6.45, 7) is 14.6. The minimum Gasteiger partial charge on any atom is -0.444 e. The monoisotopic (exact) mass is 430 g/mol. The molecule has 0 radical (unpaired) electrons. The van der Waals surface area contributed by atoms with Crippen LogP contribution in [0.15, 0.2) is 0 Å². The van der Waals surface area contributed by atoms with E-state index >= 15 is 0 Å². The lowest BCUT2D eigenvalue weighted by Gasteiger charge is -2.22. The SMILES string of the molecule is CC(C)(C)OC(=O)N[C@@H]1CC[C@@](C)(O)C1.CC(C)(C)OC(=O)N[C@H]1CC[C@](C)(O)C1. The van der Waals surface area contributed by atoms with Crippen LogP contribution in [0.25, 0.3) is 0 Å². The van der Waals surface area contributed by atoms with Crippen LogP contribution in [0.3, 0.4) is 0 Å². The first kappa shape index (κ1) is 26.5. The average Bonchev–Trinajstić information content (AvgIpc) is 2.96. The molecular formula is C22H42N2O6. The molecule has 0 spiro atoms. The third-order valence-electron chi connectivity index (χ3n) is 4.88. The van der Waals surface area contributed by atoms with E-state index in [0.717, 1.165) is 25.7 Å². The maximum Gasteiger partial charge on any atom is 0.407 e. The van der Waals surface area contributed by atoms with Crippen LogP contribution in [0, 0.1) is 0 Å². The van der Waals surface area contributed by atoms with Gasteiger partial charge >= 0.3 is 12.2 Å². The molecule has 0 aromatic rings. The Morgan fingerprint density at radius 2 is 1.07 bits per heavy atom. The average molecular weight is 431 g/mol. The molecule has 4 N–H and O–H groups in total. The van der Waals surface area contributed by atoms with Crippen LogP contribution in [-0.2, 0) is 9.47 Å². The minimum absolute atomic E-state index is 0.0369.